The molecule has 1 aromatic heterocycles. The van der Waals surface area contributed by atoms with Crippen molar-refractivity contribution in [3.8, 4) is 0 Å². The normalized spacial score (nSPS) is 20.8. The number of thioether (sulfide) groups is 1. The largest absolute Gasteiger partial charge is 0.481 e. The molecule has 6 nitrogen and oxygen atoms in total. The van der Waals surface area contributed by atoms with Crippen molar-refractivity contribution >= 4 is 39.4 Å². The lowest BCUT2D eigenvalue weighted by Crippen LogP contribution is -2.36. The van der Waals surface area contributed by atoms with Crippen molar-refractivity contribution in [2.75, 3.05) is 30.9 Å². The van der Waals surface area contributed by atoms with Crippen LogP contribution in [0.15, 0.2) is 23.2 Å². The van der Waals surface area contributed by atoms with Crippen molar-refractivity contribution in [2.45, 2.75) is 38.3 Å². The van der Waals surface area contributed by atoms with Crippen LogP contribution in [0.2, 0.25) is 0 Å². The van der Waals surface area contributed by atoms with Gasteiger partial charge in [0.05, 0.1) is 29.4 Å². The number of benzene rings is 1. The van der Waals surface area contributed by atoms with E-state index in [-0.39, 0.29) is 12.5 Å². The molecule has 0 saturated carbocycles. The van der Waals surface area contributed by atoms with E-state index in [0.29, 0.717) is 6.04 Å². The minimum absolute atomic E-state index is 0.0908. The van der Waals surface area contributed by atoms with Crippen molar-refractivity contribution in [3.63, 3.8) is 0 Å². The summed E-state index contributed by atoms with van der Waals surface area (Å²) in [7, 11) is 2.16. The van der Waals surface area contributed by atoms with Gasteiger partial charge in [0.15, 0.2) is 0 Å². The molecule has 1 fully saturated rings. The monoisotopic (exact) mass is 387 g/mol. The van der Waals surface area contributed by atoms with Gasteiger partial charge in [-0.05, 0) is 43.5 Å². The van der Waals surface area contributed by atoms with E-state index >= 15 is 0 Å². The van der Waals surface area contributed by atoms with Crippen LogP contribution in [0.3, 0.4) is 0 Å². The Balaban J connectivity index is 1.67. The molecule has 2 aromatic rings. The van der Waals surface area contributed by atoms with Crippen molar-refractivity contribution in [3.05, 3.63) is 29.5 Å². The molecule has 2 aliphatic heterocycles. The van der Waals surface area contributed by atoms with Gasteiger partial charge in [-0.15, -0.1) is 11.8 Å². The van der Waals surface area contributed by atoms with Gasteiger partial charge in [0.1, 0.15) is 5.04 Å². The zero-order chi connectivity index (χ0) is 19.0. The van der Waals surface area contributed by atoms with E-state index < -0.39 is 5.97 Å². The molecule has 1 saturated heterocycles. The van der Waals surface area contributed by atoms with Gasteiger partial charge in [-0.1, -0.05) is 0 Å². The Morgan fingerprint density at radius 3 is 2.89 bits per heavy atom. The van der Waals surface area contributed by atoms with Crippen LogP contribution in [-0.4, -0.2) is 59.2 Å². The number of aromatic nitrogens is 1. The van der Waals surface area contributed by atoms with Crippen molar-refractivity contribution in [1.29, 1.82) is 0 Å². The molecule has 7 heteroatoms. The smallest absolute Gasteiger partial charge is 0.305 e. The molecule has 1 aromatic carbocycles. The van der Waals surface area contributed by atoms with Crippen LogP contribution < -0.4 is 4.90 Å². The molecular formula is C20H25N3O3S. The van der Waals surface area contributed by atoms with Crippen molar-refractivity contribution in [2.24, 2.45) is 4.99 Å². The number of hydrogen-bond donors (Lipinski definition) is 2. The van der Waals surface area contributed by atoms with Crippen molar-refractivity contribution in [1.82, 2.24) is 4.98 Å². The molecule has 0 spiro atoms. The van der Waals surface area contributed by atoms with E-state index in [0.717, 1.165) is 48.1 Å². The molecule has 0 amide bonds. The number of fused-ring (bicyclic) bond motifs is 1. The Kier molecular flexibility index (Phi) is 5.14. The number of nitrogens with zero attached hydrogens (tertiary/aromatic N) is 2. The van der Waals surface area contributed by atoms with Gasteiger partial charge in [-0.25, -0.2) is 0 Å². The molecule has 2 N–H and O–H groups in total. The first-order valence-corrected chi connectivity index (χ1v) is 10.4. The first-order valence-electron chi connectivity index (χ1n) is 9.38. The second-order valence-electron chi connectivity index (χ2n) is 7.38. The molecule has 0 unspecified atom stereocenters. The van der Waals surface area contributed by atoms with E-state index in [9.17, 15) is 4.79 Å². The number of carboxylic acids is 1. The summed E-state index contributed by atoms with van der Waals surface area (Å²) < 4.78 is 5.51. The quantitative estimate of drug-likeness (QED) is 0.822. The Hall–Kier alpha value is -1.99. The highest BCUT2D eigenvalue weighted by Gasteiger charge is 2.25. The lowest BCUT2D eigenvalue weighted by molar-refractivity contribution is -0.137. The fourth-order valence-electron chi connectivity index (χ4n) is 3.90. The van der Waals surface area contributed by atoms with E-state index in [2.05, 4.69) is 47.0 Å². The van der Waals surface area contributed by atoms with E-state index in [1.807, 2.05) is 0 Å². The molecular weight excluding hydrogens is 362 g/mol. The number of H-pyrrole nitrogens is 1. The Labute approximate surface area is 163 Å². The molecule has 1 atom stereocenters. The van der Waals surface area contributed by atoms with E-state index in [4.69, 9.17) is 9.84 Å². The van der Waals surface area contributed by atoms with Gasteiger partial charge in [0.2, 0.25) is 0 Å². The number of nitrogens with one attached hydrogen (secondary N) is 1. The summed E-state index contributed by atoms with van der Waals surface area (Å²) in [5.74, 6) is -0.0662. The van der Waals surface area contributed by atoms with Crippen molar-refractivity contribution < 1.29 is 14.6 Å². The Bertz CT molecular complexity index is 886. The lowest BCUT2D eigenvalue weighted by atomic mass is 10.0. The highest BCUT2D eigenvalue weighted by Crippen LogP contribution is 2.33. The average molecular weight is 388 g/mol. The maximum Gasteiger partial charge on any atom is 0.305 e. The number of rotatable bonds is 5. The van der Waals surface area contributed by atoms with Crippen LogP contribution in [0.4, 0.5) is 5.69 Å². The van der Waals surface area contributed by atoms with E-state index in [1.54, 1.807) is 11.8 Å². The molecule has 27 heavy (non-hydrogen) atoms. The third-order valence-electron chi connectivity index (χ3n) is 5.32. The van der Waals surface area contributed by atoms with Gasteiger partial charge in [0.25, 0.3) is 0 Å². The average Bonchev–Trinajstić information content (AvgIpc) is 3.27. The van der Waals surface area contributed by atoms with Gasteiger partial charge in [-0.2, -0.15) is 0 Å². The minimum atomic E-state index is -0.793. The van der Waals surface area contributed by atoms with E-state index in [1.165, 1.54) is 16.6 Å². The number of aliphatic imine (C=N–C) groups is 1. The number of hydrogen-bond acceptors (Lipinski definition) is 5. The summed E-state index contributed by atoms with van der Waals surface area (Å²) >= 11 is 1.63. The van der Waals surface area contributed by atoms with Gasteiger partial charge < -0.3 is 19.7 Å². The Morgan fingerprint density at radius 2 is 2.15 bits per heavy atom. The number of aliphatic carboxylic acids is 1. The van der Waals surface area contributed by atoms with Crippen LogP contribution in [0.1, 0.15) is 30.5 Å². The first kappa shape index (κ1) is 18.4. The number of carbonyl (C=O) groups is 1. The van der Waals surface area contributed by atoms with Gasteiger partial charge in [0, 0.05) is 37.4 Å². The van der Waals surface area contributed by atoms with Crippen LogP contribution >= 0.6 is 11.8 Å². The molecule has 4 rings (SSSR count). The minimum Gasteiger partial charge on any atom is -0.481 e. The second-order valence-corrected chi connectivity index (χ2v) is 8.39. The molecule has 2 aliphatic rings. The Morgan fingerprint density at radius 1 is 1.37 bits per heavy atom. The fourth-order valence-corrected chi connectivity index (χ4v) is 4.93. The SMILES string of the molecule is Cc1cc(N(C)C2CCOCC2)c2[nH]c(C3=N[C@@H](CC(=O)O)CS3)cc2c1. The molecule has 0 radical (unpaired) electrons. The number of anilines is 1. The second kappa shape index (κ2) is 7.56. The lowest BCUT2D eigenvalue weighted by Gasteiger charge is -2.33. The highest BCUT2D eigenvalue weighted by atomic mass is 32.2. The maximum atomic E-state index is 10.9. The first-order chi connectivity index (χ1) is 13.0. The van der Waals surface area contributed by atoms with Gasteiger partial charge >= 0.3 is 5.97 Å². The van der Waals surface area contributed by atoms with Gasteiger partial charge in [-0.3, -0.25) is 9.79 Å². The summed E-state index contributed by atoms with van der Waals surface area (Å²) in [5.41, 5.74) is 4.53. The summed E-state index contributed by atoms with van der Waals surface area (Å²) in [4.78, 5) is 21.5. The molecule has 0 aliphatic carbocycles. The van der Waals surface area contributed by atoms with Crippen LogP contribution in [0.5, 0.6) is 0 Å². The topological polar surface area (TPSA) is 77.9 Å². The predicted molar refractivity (Wildman–Crippen MR) is 110 cm³/mol. The zero-order valence-electron chi connectivity index (χ0n) is 15.7. The third-order valence-corrected chi connectivity index (χ3v) is 6.47. The standard InChI is InChI=1S/C20H25N3O3S/c1-12-7-13-9-16(20-21-14(11-27-20)10-18(24)25)22-19(13)17(8-12)23(2)15-3-5-26-6-4-15/h7-9,14-15,22H,3-6,10-11H2,1-2H3,(H,24,25)/t14-/m0/s1. The highest BCUT2D eigenvalue weighted by molar-refractivity contribution is 8.14. The van der Waals surface area contributed by atoms with Crippen LogP contribution in [0.25, 0.3) is 10.9 Å². The molecule has 0 bridgehead atoms. The maximum absolute atomic E-state index is 10.9. The fraction of sp³-hybridized carbons (Fsp3) is 0.500. The zero-order valence-corrected chi connectivity index (χ0v) is 16.5. The number of carboxylic acid groups (broad SMARTS) is 1. The number of ether oxygens (including phenoxy) is 1. The van der Waals surface area contributed by atoms with Crippen LogP contribution in [0, 0.1) is 6.92 Å². The molecule has 144 valence electrons. The summed E-state index contributed by atoms with van der Waals surface area (Å²) in [6.07, 6.45) is 2.17. The summed E-state index contributed by atoms with van der Waals surface area (Å²) in [6.45, 7) is 3.76. The van der Waals surface area contributed by atoms with Crippen LogP contribution in [-0.2, 0) is 9.53 Å². The third kappa shape index (κ3) is 3.84. The molecule has 3 heterocycles. The number of aryl methyl sites for hydroxylation is 1. The predicted octanol–water partition coefficient (Wildman–Crippen LogP) is 3.43. The summed E-state index contributed by atoms with van der Waals surface area (Å²) in [5, 5.41) is 11.1. The summed E-state index contributed by atoms with van der Waals surface area (Å²) in [6, 6.07) is 6.90. The number of aromatic amines is 1.